The van der Waals surface area contributed by atoms with Gasteiger partial charge in [-0.05, 0) is 66.7 Å². The van der Waals surface area contributed by atoms with Gasteiger partial charge in [0.2, 0.25) is 0 Å². The standard InChI is InChI=1S/C32H27ClN2O5S2/c1-4-40-32(38)27-20(2)30(28(22-15-17-23(33)18-16-22)35(27)24-13-9-6-10-14-24)42(3,39)34-25-19-26(41-29(25)31(36)37)21-11-7-5-8-12-21/h5-19H,3-4H2,1-2H3,(H,34,39)(H,36,37). The Kier molecular flexibility index (Phi) is 8.27. The first kappa shape index (κ1) is 29.2. The molecule has 0 aliphatic heterocycles. The highest BCUT2D eigenvalue weighted by atomic mass is 35.5. The van der Waals surface area contributed by atoms with E-state index in [0.717, 1.165) is 16.9 Å². The number of aromatic nitrogens is 1. The number of carbonyl (C=O) groups is 2. The van der Waals surface area contributed by atoms with E-state index in [0.29, 0.717) is 32.4 Å². The van der Waals surface area contributed by atoms with Gasteiger partial charge in [-0.3, -0.25) is 0 Å². The van der Waals surface area contributed by atoms with Gasteiger partial charge in [-0.15, -0.1) is 11.3 Å². The third-order valence-corrected chi connectivity index (χ3v) is 9.68. The van der Waals surface area contributed by atoms with Gasteiger partial charge in [0, 0.05) is 15.6 Å². The van der Waals surface area contributed by atoms with Crippen molar-refractivity contribution in [1.29, 1.82) is 0 Å². The molecule has 1 unspecified atom stereocenters. The summed E-state index contributed by atoms with van der Waals surface area (Å²) in [5.41, 5.74) is 3.29. The van der Waals surface area contributed by atoms with Gasteiger partial charge in [-0.2, -0.15) is 0 Å². The number of aromatic carboxylic acids is 1. The Morgan fingerprint density at radius 2 is 1.62 bits per heavy atom. The molecule has 1 atom stereocenters. The van der Waals surface area contributed by atoms with Crippen LogP contribution < -0.4 is 4.72 Å². The van der Waals surface area contributed by atoms with Crippen molar-refractivity contribution in [3.63, 3.8) is 0 Å². The van der Waals surface area contributed by atoms with Crippen LogP contribution in [-0.2, 0) is 14.4 Å². The fourth-order valence-electron chi connectivity index (χ4n) is 4.82. The second kappa shape index (κ2) is 11.9. The number of esters is 1. The lowest BCUT2D eigenvalue weighted by Crippen LogP contribution is -2.16. The molecular weight excluding hydrogens is 592 g/mol. The normalized spacial score (nSPS) is 12.5. The average molecular weight is 619 g/mol. The molecule has 0 radical (unpaired) electrons. The lowest BCUT2D eigenvalue weighted by molar-refractivity contribution is 0.0515. The van der Waals surface area contributed by atoms with Crippen molar-refractivity contribution in [1.82, 2.24) is 4.57 Å². The van der Waals surface area contributed by atoms with Crippen LogP contribution in [0.4, 0.5) is 5.69 Å². The smallest absolute Gasteiger partial charge is 0.355 e. The van der Waals surface area contributed by atoms with Crippen LogP contribution >= 0.6 is 22.9 Å². The fourth-order valence-corrected chi connectivity index (χ4v) is 7.70. The van der Waals surface area contributed by atoms with Crippen molar-refractivity contribution in [2.45, 2.75) is 18.7 Å². The van der Waals surface area contributed by atoms with Crippen LogP contribution in [0, 0.1) is 6.92 Å². The Hall–Kier alpha value is -4.31. The molecule has 0 aliphatic carbocycles. The molecule has 2 aromatic heterocycles. The highest BCUT2D eigenvalue weighted by Crippen LogP contribution is 2.41. The third-order valence-electron chi connectivity index (χ3n) is 6.55. The van der Waals surface area contributed by atoms with Gasteiger partial charge in [0.05, 0.1) is 32.6 Å². The van der Waals surface area contributed by atoms with Crippen LogP contribution in [0.2, 0.25) is 5.02 Å². The van der Waals surface area contributed by atoms with Crippen molar-refractivity contribution < 1.29 is 23.6 Å². The summed E-state index contributed by atoms with van der Waals surface area (Å²) in [7, 11) is -3.48. The van der Waals surface area contributed by atoms with Gasteiger partial charge in [0.1, 0.15) is 10.6 Å². The second-order valence-electron chi connectivity index (χ2n) is 9.35. The number of anilines is 1. The Morgan fingerprint density at radius 3 is 2.21 bits per heavy atom. The first-order chi connectivity index (χ1) is 20.1. The van der Waals surface area contributed by atoms with Crippen molar-refractivity contribution >= 4 is 56.1 Å². The molecule has 0 aliphatic rings. The van der Waals surface area contributed by atoms with Crippen LogP contribution in [0.3, 0.4) is 0 Å². The molecule has 214 valence electrons. The summed E-state index contributed by atoms with van der Waals surface area (Å²) in [6.07, 6.45) is 0. The minimum absolute atomic E-state index is 0.0102. The number of carboxylic acids is 1. The summed E-state index contributed by atoms with van der Waals surface area (Å²) in [4.78, 5) is 26.6. The molecular formula is C32H27ClN2O5S2. The van der Waals surface area contributed by atoms with Crippen LogP contribution in [0.15, 0.2) is 95.9 Å². The maximum Gasteiger partial charge on any atom is 0.355 e. The third kappa shape index (κ3) is 5.59. The molecule has 3 aromatic carbocycles. The predicted octanol–water partition coefficient (Wildman–Crippen LogP) is 7.81. The molecule has 0 bridgehead atoms. The molecule has 10 heteroatoms. The predicted molar refractivity (Wildman–Crippen MR) is 171 cm³/mol. The minimum atomic E-state index is -3.48. The molecule has 0 spiro atoms. The monoisotopic (exact) mass is 618 g/mol. The van der Waals surface area contributed by atoms with Crippen LogP contribution in [-0.4, -0.2) is 38.3 Å². The molecule has 0 saturated heterocycles. The molecule has 2 N–H and O–H groups in total. The molecule has 42 heavy (non-hydrogen) atoms. The molecule has 7 nitrogen and oxygen atoms in total. The zero-order valence-electron chi connectivity index (χ0n) is 22.8. The number of hydrogen-bond donors (Lipinski definition) is 2. The van der Waals surface area contributed by atoms with E-state index in [1.54, 1.807) is 48.7 Å². The fraction of sp³-hybridized carbons (Fsp3) is 0.0938. The number of rotatable bonds is 9. The maximum atomic E-state index is 14.7. The summed E-state index contributed by atoms with van der Waals surface area (Å²) >= 11 is 7.27. The number of carbonyl (C=O) groups excluding carboxylic acids is 1. The van der Waals surface area contributed by atoms with Crippen LogP contribution in [0.5, 0.6) is 0 Å². The summed E-state index contributed by atoms with van der Waals surface area (Å²) in [5.74, 6) is 2.32. The van der Waals surface area contributed by atoms with E-state index in [4.69, 9.17) is 16.3 Å². The Bertz CT molecular complexity index is 1880. The Morgan fingerprint density at radius 1 is 1.00 bits per heavy atom. The Labute approximate surface area is 253 Å². The van der Waals surface area contributed by atoms with E-state index < -0.39 is 21.6 Å². The van der Waals surface area contributed by atoms with Crippen molar-refractivity contribution in [2.75, 3.05) is 11.3 Å². The number of halogens is 1. The number of nitrogens with zero attached hydrogens (tertiary/aromatic N) is 1. The first-order valence-corrected chi connectivity index (χ1v) is 15.9. The van der Waals surface area contributed by atoms with Gasteiger partial charge in [-0.25, -0.2) is 13.8 Å². The maximum absolute atomic E-state index is 14.7. The molecule has 0 fully saturated rings. The number of carboxylic acid groups (broad SMARTS) is 1. The van der Waals surface area contributed by atoms with Gasteiger partial charge in [0.15, 0.2) is 0 Å². The molecule has 5 aromatic rings. The first-order valence-electron chi connectivity index (χ1n) is 12.9. The largest absolute Gasteiger partial charge is 0.477 e. The van der Waals surface area contributed by atoms with E-state index in [2.05, 4.69) is 10.6 Å². The molecule has 0 saturated carbocycles. The highest BCUT2D eigenvalue weighted by molar-refractivity contribution is 8.01. The Balaban J connectivity index is 1.77. The average Bonchev–Trinajstić information content (AvgIpc) is 3.53. The van der Waals surface area contributed by atoms with Crippen molar-refractivity contribution in [2.24, 2.45) is 0 Å². The number of ether oxygens (including phenoxy) is 1. The topological polar surface area (TPSA) is 97.6 Å². The van der Waals surface area contributed by atoms with E-state index in [1.807, 2.05) is 60.7 Å². The van der Waals surface area contributed by atoms with E-state index in [9.17, 15) is 18.9 Å². The van der Waals surface area contributed by atoms with Gasteiger partial charge < -0.3 is 19.1 Å². The molecule has 0 amide bonds. The highest BCUT2D eigenvalue weighted by Gasteiger charge is 2.32. The number of hydrogen-bond acceptors (Lipinski definition) is 5. The van der Waals surface area contributed by atoms with Gasteiger partial charge in [-0.1, -0.05) is 72.3 Å². The minimum Gasteiger partial charge on any atom is -0.477 e. The van der Waals surface area contributed by atoms with E-state index >= 15 is 0 Å². The zero-order valence-corrected chi connectivity index (χ0v) is 25.2. The summed E-state index contributed by atoms with van der Waals surface area (Å²) < 4.78 is 24.8. The van der Waals surface area contributed by atoms with Gasteiger partial charge >= 0.3 is 11.9 Å². The van der Waals surface area contributed by atoms with Crippen LogP contribution in [0.1, 0.15) is 32.6 Å². The number of para-hydroxylation sites is 1. The summed E-state index contributed by atoms with van der Waals surface area (Å²) in [6, 6.07) is 27.1. The SMILES string of the molecule is C=S(=O)(Nc1cc(-c2ccccc2)sc1C(=O)O)c1c(C)c(C(=O)OCC)n(-c2ccccc2)c1-c1ccc(Cl)cc1. The molecule has 5 rings (SSSR count). The van der Waals surface area contributed by atoms with Crippen molar-refractivity contribution in [3.05, 3.63) is 112 Å². The number of thiophene rings is 1. The van der Waals surface area contributed by atoms with E-state index in [1.165, 1.54) is 0 Å². The molecule has 2 heterocycles. The number of nitrogens with one attached hydrogen (secondary N) is 1. The lowest BCUT2D eigenvalue weighted by atomic mass is 10.1. The van der Waals surface area contributed by atoms with Crippen LogP contribution in [0.25, 0.3) is 27.4 Å². The number of benzene rings is 3. The quantitative estimate of drug-likeness (QED) is 0.130. The summed E-state index contributed by atoms with van der Waals surface area (Å²) in [6.45, 7) is 3.54. The van der Waals surface area contributed by atoms with Gasteiger partial charge in [0.25, 0.3) is 0 Å². The zero-order chi connectivity index (χ0) is 30.0. The van der Waals surface area contributed by atoms with Crippen molar-refractivity contribution in [3.8, 4) is 27.4 Å². The van der Waals surface area contributed by atoms with E-state index in [-0.39, 0.29) is 27.8 Å². The lowest BCUT2D eigenvalue weighted by Gasteiger charge is -2.17. The summed E-state index contributed by atoms with van der Waals surface area (Å²) in [5, 5.41) is 10.5. The second-order valence-corrected chi connectivity index (χ2v) is 12.8.